The van der Waals surface area contributed by atoms with Crippen molar-refractivity contribution in [1.82, 2.24) is 9.78 Å². The molecule has 100 valence electrons. The second kappa shape index (κ2) is 4.30. The minimum absolute atomic E-state index is 0.245. The van der Waals surface area contributed by atoms with E-state index in [1.807, 2.05) is 0 Å². The average molecular weight is 271 g/mol. The van der Waals surface area contributed by atoms with E-state index >= 15 is 0 Å². The monoisotopic (exact) mass is 271 g/mol. The van der Waals surface area contributed by atoms with Crippen LogP contribution in [0.5, 0.6) is 0 Å². The molecule has 2 rings (SSSR count). The zero-order valence-electron chi connectivity index (χ0n) is 9.35. The number of benzene rings is 1. The van der Waals surface area contributed by atoms with Crippen LogP contribution in [0, 0.1) is 0 Å². The van der Waals surface area contributed by atoms with E-state index in [0.717, 1.165) is 0 Å². The molecule has 5 nitrogen and oxygen atoms in total. The summed E-state index contributed by atoms with van der Waals surface area (Å²) < 4.78 is 37.5. The van der Waals surface area contributed by atoms with Crippen molar-refractivity contribution in [3.8, 4) is 11.1 Å². The van der Waals surface area contributed by atoms with E-state index in [1.54, 1.807) is 18.2 Å². The molecule has 0 radical (unpaired) electrons. The van der Waals surface area contributed by atoms with Crippen LogP contribution in [0.4, 0.5) is 19.0 Å². The number of carboxylic acid groups (broad SMARTS) is 1. The summed E-state index contributed by atoms with van der Waals surface area (Å²) in [7, 11) is 0. The Morgan fingerprint density at radius 1 is 1.26 bits per heavy atom. The molecule has 0 fully saturated rings. The molecule has 2 aromatic rings. The first kappa shape index (κ1) is 12.9. The predicted molar refractivity (Wildman–Crippen MR) is 60.3 cm³/mol. The van der Waals surface area contributed by atoms with Crippen molar-refractivity contribution in [2.24, 2.45) is 0 Å². The van der Waals surface area contributed by atoms with Crippen molar-refractivity contribution in [3.05, 3.63) is 36.0 Å². The molecule has 0 atom stereocenters. The molecule has 3 N–H and O–H groups in total. The average Bonchev–Trinajstić information content (AvgIpc) is 2.68. The highest BCUT2D eigenvalue weighted by atomic mass is 19.4. The predicted octanol–water partition coefficient (Wildman–Crippen LogP) is 2.31. The molecule has 0 aliphatic carbocycles. The molecule has 8 heteroatoms. The number of hydrogen-bond donors (Lipinski definition) is 2. The summed E-state index contributed by atoms with van der Waals surface area (Å²) in [6.07, 6.45) is -4.87. The third-order valence-electron chi connectivity index (χ3n) is 2.43. The van der Waals surface area contributed by atoms with Crippen molar-refractivity contribution in [3.63, 3.8) is 0 Å². The summed E-state index contributed by atoms with van der Waals surface area (Å²) in [5, 5.41) is 12.0. The van der Waals surface area contributed by atoms with Gasteiger partial charge in [-0.15, -0.1) is 13.2 Å². The van der Waals surface area contributed by atoms with Gasteiger partial charge in [0.05, 0.1) is 5.56 Å². The Morgan fingerprint density at radius 3 is 2.32 bits per heavy atom. The van der Waals surface area contributed by atoms with Gasteiger partial charge in [0.1, 0.15) is 5.82 Å². The summed E-state index contributed by atoms with van der Waals surface area (Å²) >= 11 is 0. The molecule has 0 aliphatic rings. The fraction of sp³-hybridized carbons (Fsp3) is 0.0909. The maximum atomic E-state index is 12.6. The van der Waals surface area contributed by atoms with Crippen LogP contribution in [0.15, 0.2) is 30.3 Å². The third-order valence-corrected chi connectivity index (χ3v) is 2.43. The molecule has 0 unspecified atom stereocenters. The van der Waals surface area contributed by atoms with Gasteiger partial charge in [-0.1, -0.05) is 30.3 Å². The van der Waals surface area contributed by atoms with Gasteiger partial charge in [0.15, 0.2) is 5.69 Å². The number of carbonyl (C=O) groups is 1. The van der Waals surface area contributed by atoms with Crippen LogP contribution in [0.2, 0.25) is 0 Å². The maximum Gasteiger partial charge on any atom is 0.506 e. The van der Waals surface area contributed by atoms with Crippen LogP contribution in [0.3, 0.4) is 0 Å². The van der Waals surface area contributed by atoms with E-state index in [1.165, 1.54) is 12.1 Å². The Labute approximate surface area is 105 Å². The summed E-state index contributed by atoms with van der Waals surface area (Å²) in [5.74, 6) is -2.33. The number of alkyl halides is 3. The summed E-state index contributed by atoms with van der Waals surface area (Å²) in [6, 6.07) is 7.69. The third kappa shape index (κ3) is 2.24. The van der Waals surface area contributed by atoms with E-state index in [9.17, 15) is 18.0 Å². The lowest BCUT2D eigenvalue weighted by molar-refractivity contribution is -0.210. The second-order valence-electron chi connectivity index (χ2n) is 3.66. The molecular weight excluding hydrogens is 263 g/mol. The number of anilines is 1. The van der Waals surface area contributed by atoms with Gasteiger partial charge in [0, 0.05) is 0 Å². The Bertz CT molecular complexity index is 620. The number of nitrogens with zero attached hydrogens (tertiary/aromatic N) is 2. The van der Waals surface area contributed by atoms with Crippen LogP contribution in [-0.2, 0) is 6.30 Å². The molecule has 19 heavy (non-hydrogen) atoms. The minimum Gasteiger partial charge on any atom is -0.476 e. The lowest BCUT2D eigenvalue weighted by Crippen LogP contribution is -2.20. The quantitative estimate of drug-likeness (QED) is 0.878. The van der Waals surface area contributed by atoms with Gasteiger partial charge in [-0.3, -0.25) is 0 Å². The van der Waals surface area contributed by atoms with Crippen LogP contribution < -0.4 is 5.73 Å². The highest BCUT2D eigenvalue weighted by Gasteiger charge is 2.37. The number of carboxylic acids is 1. The van der Waals surface area contributed by atoms with Gasteiger partial charge in [-0.25, -0.2) is 4.79 Å². The van der Waals surface area contributed by atoms with E-state index in [-0.39, 0.29) is 11.1 Å². The van der Waals surface area contributed by atoms with Gasteiger partial charge in [-0.05, 0) is 5.56 Å². The number of hydrogen-bond acceptors (Lipinski definition) is 3. The molecule has 0 amide bonds. The van der Waals surface area contributed by atoms with Crippen LogP contribution >= 0.6 is 0 Å². The molecule has 0 saturated heterocycles. The summed E-state index contributed by atoms with van der Waals surface area (Å²) in [5.41, 5.74) is 4.65. The molecule has 1 aromatic carbocycles. The number of aromatic carboxylic acids is 1. The van der Waals surface area contributed by atoms with Crippen LogP contribution in [0.25, 0.3) is 11.1 Å². The minimum atomic E-state index is -4.87. The van der Waals surface area contributed by atoms with Gasteiger partial charge in [-0.2, -0.15) is 9.78 Å². The van der Waals surface area contributed by atoms with Crippen molar-refractivity contribution >= 4 is 11.8 Å². The normalized spacial score (nSPS) is 11.5. The van der Waals surface area contributed by atoms with Crippen LogP contribution in [-0.4, -0.2) is 20.9 Å². The fourth-order valence-electron chi connectivity index (χ4n) is 1.66. The Hall–Kier alpha value is -2.51. The highest BCUT2D eigenvalue weighted by molar-refractivity contribution is 5.97. The number of aromatic nitrogens is 2. The fourth-order valence-corrected chi connectivity index (χ4v) is 1.66. The zero-order chi connectivity index (χ0) is 14.2. The van der Waals surface area contributed by atoms with Gasteiger partial charge >= 0.3 is 12.3 Å². The first-order valence-electron chi connectivity index (χ1n) is 5.06. The standard InChI is InChI=1S/C11H8F3N3O2/c12-11(13,14)17-9(15)7(8(16-17)10(18)19)6-4-2-1-3-5-6/h1-5H,15H2,(H,18,19). The molecule has 1 aromatic heterocycles. The first-order valence-corrected chi connectivity index (χ1v) is 5.06. The Kier molecular flexibility index (Phi) is 2.93. The number of halogens is 3. The summed E-state index contributed by atoms with van der Waals surface area (Å²) in [4.78, 5) is 11.0. The van der Waals surface area contributed by atoms with Gasteiger partial charge < -0.3 is 10.8 Å². The van der Waals surface area contributed by atoms with E-state index < -0.39 is 28.5 Å². The van der Waals surface area contributed by atoms with Crippen molar-refractivity contribution in [2.75, 3.05) is 5.73 Å². The summed E-state index contributed by atoms with van der Waals surface area (Å²) in [6.45, 7) is 0. The maximum absolute atomic E-state index is 12.6. The van der Waals surface area contributed by atoms with E-state index in [0.29, 0.717) is 0 Å². The second-order valence-corrected chi connectivity index (χ2v) is 3.66. The van der Waals surface area contributed by atoms with E-state index in [4.69, 9.17) is 10.8 Å². The molecule has 0 saturated carbocycles. The Balaban J connectivity index is 2.73. The van der Waals surface area contributed by atoms with Crippen molar-refractivity contribution in [2.45, 2.75) is 6.30 Å². The number of nitrogens with two attached hydrogens (primary N) is 1. The van der Waals surface area contributed by atoms with Crippen molar-refractivity contribution in [1.29, 1.82) is 0 Å². The van der Waals surface area contributed by atoms with Gasteiger partial charge in [0.2, 0.25) is 0 Å². The number of nitrogen functional groups attached to an aromatic ring is 1. The number of rotatable bonds is 2. The van der Waals surface area contributed by atoms with E-state index in [2.05, 4.69) is 5.10 Å². The molecular formula is C11H8F3N3O2. The van der Waals surface area contributed by atoms with Crippen molar-refractivity contribution < 1.29 is 23.1 Å². The van der Waals surface area contributed by atoms with Crippen LogP contribution in [0.1, 0.15) is 10.5 Å². The molecule has 1 heterocycles. The topological polar surface area (TPSA) is 81.1 Å². The van der Waals surface area contributed by atoms with Gasteiger partial charge in [0.25, 0.3) is 0 Å². The lowest BCUT2D eigenvalue weighted by Gasteiger charge is -2.08. The first-order chi connectivity index (χ1) is 8.82. The molecule has 0 bridgehead atoms. The molecule has 0 spiro atoms. The lowest BCUT2D eigenvalue weighted by atomic mass is 10.1. The SMILES string of the molecule is Nc1c(-c2ccccc2)c(C(=O)O)nn1C(F)(F)F. The largest absolute Gasteiger partial charge is 0.506 e. The zero-order valence-corrected chi connectivity index (χ0v) is 9.35. The highest BCUT2D eigenvalue weighted by Crippen LogP contribution is 2.34. The smallest absolute Gasteiger partial charge is 0.476 e. The Morgan fingerprint density at radius 2 is 1.84 bits per heavy atom. The molecule has 0 aliphatic heterocycles.